The van der Waals surface area contributed by atoms with Gasteiger partial charge in [0.2, 0.25) is 0 Å². The molecule has 0 aliphatic heterocycles. The smallest absolute Gasteiger partial charge is 0.136 e. The number of nitrogen functional groups attached to an aromatic ring is 1. The van der Waals surface area contributed by atoms with Gasteiger partial charge in [-0.05, 0) is 60.8 Å². The van der Waals surface area contributed by atoms with Crippen molar-refractivity contribution < 1.29 is 4.39 Å². The number of halogens is 2. The van der Waals surface area contributed by atoms with Gasteiger partial charge >= 0.3 is 0 Å². The van der Waals surface area contributed by atoms with Crippen LogP contribution in [0, 0.1) is 12.7 Å². The fourth-order valence-corrected chi connectivity index (χ4v) is 2.99. The van der Waals surface area contributed by atoms with Gasteiger partial charge in [0.15, 0.2) is 0 Å². The van der Waals surface area contributed by atoms with Crippen LogP contribution in [-0.4, -0.2) is 9.97 Å². The van der Waals surface area contributed by atoms with E-state index in [1.54, 1.807) is 30.5 Å². The van der Waals surface area contributed by atoms with E-state index in [-0.39, 0.29) is 5.82 Å². The lowest BCUT2D eigenvalue weighted by Gasteiger charge is -2.11. The van der Waals surface area contributed by atoms with Gasteiger partial charge < -0.3 is 10.5 Å². The summed E-state index contributed by atoms with van der Waals surface area (Å²) in [7, 11) is 0. The molecule has 0 fully saturated rings. The van der Waals surface area contributed by atoms with Gasteiger partial charge in [0, 0.05) is 16.7 Å². The third-order valence-electron chi connectivity index (χ3n) is 3.33. The van der Waals surface area contributed by atoms with Crippen LogP contribution in [0.15, 0.2) is 53.6 Å². The Morgan fingerprint density at radius 3 is 2.79 bits per heavy atom. The molecule has 1 aromatic carbocycles. The molecule has 2 aromatic heterocycles. The van der Waals surface area contributed by atoms with Gasteiger partial charge in [-0.25, -0.2) is 14.4 Å². The van der Waals surface area contributed by atoms with Crippen LogP contribution in [0.4, 0.5) is 16.0 Å². The minimum atomic E-state index is -0.325. The molecule has 3 rings (SSSR count). The van der Waals surface area contributed by atoms with E-state index in [0.717, 1.165) is 10.5 Å². The average molecular weight is 361 g/mol. The molecule has 0 atom stereocenters. The summed E-state index contributed by atoms with van der Waals surface area (Å²) in [6.07, 6.45) is 1.64. The van der Waals surface area contributed by atoms with Gasteiger partial charge in [0.05, 0.1) is 10.7 Å². The summed E-state index contributed by atoms with van der Waals surface area (Å²) in [6, 6.07) is 11.6. The molecule has 0 saturated carbocycles. The summed E-state index contributed by atoms with van der Waals surface area (Å²) >= 11 is 7.60. The molecule has 4 nitrogen and oxygen atoms in total. The molecule has 122 valence electrons. The molecule has 0 aliphatic carbocycles. The molecular formula is C17H14ClFN4S. The van der Waals surface area contributed by atoms with Crippen molar-refractivity contribution in [2.75, 3.05) is 10.5 Å². The van der Waals surface area contributed by atoms with Crippen LogP contribution in [0.25, 0.3) is 11.3 Å². The van der Waals surface area contributed by atoms with E-state index < -0.39 is 0 Å². The number of rotatable bonds is 4. The minimum Gasteiger partial charge on any atom is -0.384 e. The summed E-state index contributed by atoms with van der Waals surface area (Å²) < 4.78 is 16.7. The van der Waals surface area contributed by atoms with Crippen molar-refractivity contribution >= 4 is 35.2 Å². The Balaban J connectivity index is 1.87. The Hall–Kier alpha value is -2.31. The van der Waals surface area contributed by atoms with Crippen molar-refractivity contribution in [2.45, 2.75) is 11.8 Å². The molecule has 0 aliphatic rings. The molecule has 0 spiro atoms. The Labute approximate surface area is 148 Å². The SMILES string of the molecule is Cc1ccc(F)cc1-c1nc(NSc2ccnc(N)c2)ccc1Cl. The number of aryl methyl sites for hydroxylation is 1. The first-order chi connectivity index (χ1) is 11.5. The summed E-state index contributed by atoms with van der Waals surface area (Å²) in [4.78, 5) is 9.36. The van der Waals surface area contributed by atoms with E-state index in [1.807, 2.05) is 13.0 Å². The van der Waals surface area contributed by atoms with E-state index in [9.17, 15) is 4.39 Å². The van der Waals surface area contributed by atoms with Crippen molar-refractivity contribution in [3.05, 3.63) is 65.1 Å². The number of pyridine rings is 2. The average Bonchev–Trinajstić information content (AvgIpc) is 2.56. The van der Waals surface area contributed by atoms with Crippen LogP contribution in [0.1, 0.15) is 5.56 Å². The van der Waals surface area contributed by atoms with Crippen molar-refractivity contribution in [3.8, 4) is 11.3 Å². The molecule has 7 heteroatoms. The third-order valence-corrected chi connectivity index (χ3v) is 4.43. The number of benzene rings is 1. The molecule has 0 saturated heterocycles. The topological polar surface area (TPSA) is 63.8 Å². The summed E-state index contributed by atoms with van der Waals surface area (Å²) in [5.74, 6) is 0.730. The molecule has 0 radical (unpaired) electrons. The van der Waals surface area contributed by atoms with Gasteiger partial charge in [-0.3, -0.25) is 0 Å². The zero-order chi connectivity index (χ0) is 17.1. The van der Waals surface area contributed by atoms with Crippen LogP contribution < -0.4 is 10.5 Å². The lowest BCUT2D eigenvalue weighted by molar-refractivity contribution is 0.628. The lowest BCUT2D eigenvalue weighted by atomic mass is 10.0. The van der Waals surface area contributed by atoms with Crippen LogP contribution in [0.3, 0.4) is 0 Å². The monoisotopic (exact) mass is 360 g/mol. The second-order valence-electron chi connectivity index (χ2n) is 5.11. The first-order valence-electron chi connectivity index (χ1n) is 7.10. The Kier molecular flexibility index (Phi) is 4.87. The first-order valence-corrected chi connectivity index (χ1v) is 8.30. The highest BCUT2D eigenvalue weighted by atomic mass is 35.5. The van der Waals surface area contributed by atoms with Crippen molar-refractivity contribution in [1.29, 1.82) is 0 Å². The Morgan fingerprint density at radius 1 is 1.17 bits per heavy atom. The first kappa shape index (κ1) is 16.5. The molecule has 0 amide bonds. The molecule has 3 N–H and O–H groups in total. The van der Waals surface area contributed by atoms with E-state index >= 15 is 0 Å². The fourth-order valence-electron chi connectivity index (χ4n) is 2.14. The normalized spacial score (nSPS) is 10.6. The van der Waals surface area contributed by atoms with Crippen LogP contribution in [-0.2, 0) is 0 Å². The lowest BCUT2D eigenvalue weighted by Crippen LogP contribution is -1.96. The Bertz CT molecular complexity index is 888. The van der Waals surface area contributed by atoms with E-state index in [1.165, 1.54) is 24.1 Å². The predicted molar refractivity (Wildman–Crippen MR) is 97.5 cm³/mol. The molecule has 2 heterocycles. The summed E-state index contributed by atoms with van der Waals surface area (Å²) in [5.41, 5.74) is 7.76. The number of nitrogens with two attached hydrogens (primary N) is 1. The van der Waals surface area contributed by atoms with Gasteiger partial charge in [0.25, 0.3) is 0 Å². The molecular weight excluding hydrogens is 347 g/mol. The zero-order valence-electron chi connectivity index (χ0n) is 12.8. The van der Waals surface area contributed by atoms with Crippen molar-refractivity contribution in [1.82, 2.24) is 9.97 Å². The molecule has 0 bridgehead atoms. The number of anilines is 2. The van der Waals surface area contributed by atoms with E-state index in [4.69, 9.17) is 17.3 Å². The van der Waals surface area contributed by atoms with Crippen LogP contribution in [0.5, 0.6) is 0 Å². The number of nitrogens with one attached hydrogen (secondary N) is 1. The van der Waals surface area contributed by atoms with Gasteiger partial charge in [-0.1, -0.05) is 17.7 Å². The highest BCUT2D eigenvalue weighted by Gasteiger charge is 2.11. The second kappa shape index (κ2) is 7.07. The minimum absolute atomic E-state index is 0.325. The van der Waals surface area contributed by atoms with Gasteiger partial charge in [-0.15, -0.1) is 0 Å². The summed E-state index contributed by atoms with van der Waals surface area (Å²) in [6.45, 7) is 1.89. The third kappa shape index (κ3) is 3.77. The standard InChI is InChI=1S/C17H14ClFN4S/c1-10-2-3-11(19)8-13(10)17-14(18)4-5-16(22-17)23-24-12-6-7-21-15(20)9-12/h2-9H,1H3,(H2,20,21)(H,22,23). The quantitative estimate of drug-likeness (QED) is 0.645. The maximum Gasteiger partial charge on any atom is 0.136 e. The maximum atomic E-state index is 13.6. The van der Waals surface area contributed by atoms with Gasteiger partial charge in [-0.2, -0.15) is 0 Å². The predicted octanol–water partition coefficient (Wildman–Crippen LogP) is 4.95. The molecule has 0 unspecified atom stereocenters. The summed E-state index contributed by atoms with van der Waals surface area (Å²) in [5, 5.41) is 0.465. The number of nitrogens with zero attached hydrogens (tertiary/aromatic N) is 2. The highest BCUT2D eigenvalue weighted by Crippen LogP contribution is 2.31. The van der Waals surface area contributed by atoms with Crippen LogP contribution >= 0.6 is 23.5 Å². The van der Waals surface area contributed by atoms with Crippen molar-refractivity contribution in [3.63, 3.8) is 0 Å². The van der Waals surface area contributed by atoms with E-state index in [2.05, 4.69) is 14.7 Å². The molecule has 3 aromatic rings. The highest BCUT2D eigenvalue weighted by molar-refractivity contribution is 8.00. The van der Waals surface area contributed by atoms with Crippen molar-refractivity contribution in [2.24, 2.45) is 0 Å². The van der Waals surface area contributed by atoms with E-state index in [0.29, 0.717) is 27.9 Å². The Morgan fingerprint density at radius 2 is 2.00 bits per heavy atom. The maximum absolute atomic E-state index is 13.6. The van der Waals surface area contributed by atoms with Gasteiger partial charge in [0.1, 0.15) is 17.5 Å². The number of hydrogen-bond donors (Lipinski definition) is 2. The molecule has 24 heavy (non-hydrogen) atoms. The van der Waals surface area contributed by atoms with Crippen LogP contribution in [0.2, 0.25) is 5.02 Å². The fraction of sp³-hybridized carbons (Fsp3) is 0.0588. The second-order valence-corrected chi connectivity index (χ2v) is 6.39. The number of hydrogen-bond acceptors (Lipinski definition) is 5. The zero-order valence-corrected chi connectivity index (χ0v) is 14.3. The number of aromatic nitrogens is 2. The largest absolute Gasteiger partial charge is 0.384 e.